The molecule has 1 saturated carbocycles. The molecular formula is C16H23NO4. The van der Waals surface area contributed by atoms with Gasteiger partial charge in [0.1, 0.15) is 11.6 Å². The van der Waals surface area contributed by atoms with Crippen molar-refractivity contribution in [3.63, 3.8) is 0 Å². The summed E-state index contributed by atoms with van der Waals surface area (Å²) in [5.74, 6) is 1.03. The van der Waals surface area contributed by atoms with Gasteiger partial charge in [-0.1, -0.05) is 13.0 Å². The van der Waals surface area contributed by atoms with Crippen LogP contribution in [0.5, 0.6) is 11.5 Å². The van der Waals surface area contributed by atoms with E-state index in [9.17, 15) is 4.79 Å². The Labute approximate surface area is 125 Å². The summed E-state index contributed by atoms with van der Waals surface area (Å²) in [6.45, 7) is 2.09. The number of carbonyl (C=O) groups is 1. The molecule has 0 spiro atoms. The van der Waals surface area contributed by atoms with Gasteiger partial charge in [-0.3, -0.25) is 4.79 Å². The van der Waals surface area contributed by atoms with E-state index in [0.29, 0.717) is 24.3 Å². The number of benzene rings is 1. The molecule has 2 atom stereocenters. The Morgan fingerprint density at radius 2 is 2.14 bits per heavy atom. The molecular weight excluding hydrogens is 270 g/mol. The van der Waals surface area contributed by atoms with Gasteiger partial charge in [-0.25, -0.2) is 0 Å². The molecule has 0 heterocycles. The Morgan fingerprint density at radius 3 is 2.76 bits per heavy atom. The molecule has 5 heteroatoms. The second-order valence-corrected chi connectivity index (χ2v) is 5.47. The van der Waals surface area contributed by atoms with E-state index in [-0.39, 0.29) is 12.1 Å². The van der Waals surface area contributed by atoms with Gasteiger partial charge in [0.05, 0.1) is 14.2 Å². The lowest BCUT2D eigenvalue weighted by Gasteiger charge is -2.21. The first-order chi connectivity index (χ1) is 10.0. The number of methoxy groups -OCH3 is 2. The summed E-state index contributed by atoms with van der Waals surface area (Å²) in [5.41, 5.74) is 6.34. The summed E-state index contributed by atoms with van der Waals surface area (Å²) in [5, 5.41) is 0. The highest BCUT2D eigenvalue weighted by molar-refractivity contribution is 5.80. The number of carbonyl (C=O) groups excluding carboxylic acids is 1. The van der Waals surface area contributed by atoms with E-state index in [4.69, 9.17) is 19.9 Å². The third-order valence-electron chi connectivity index (χ3n) is 4.03. The average molecular weight is 293 g/mol. The maximum absolute atomic E-state index is 11.7. The van der Waals surface area contributed by atoms with Crippen molar-refractivity contribution in [1.82, 2.24) is 0 Å². The largest absolute Gasteiger partial charge is 0.493 e. The molecule has 2 rings (SSSR count). The Bertz CT molecular complexity index is 517. The first kappa shape index (κ1) is 15.6. The standard InChI is InChI=1S/C16H23NO4/c1-4-11-5-6-13(14(9-11)19-2)21-12-7-8-16(17,10-12)15(18)20-3/h5-6,9,12H,4,7-8,10,17H2,1-3H3. The molecule has 0 saturated heterocycles. The summed E-state index contributed by atoms with van der Waals surface area (Å²) >= 11 is 0. The third-order valence-corrected chi connectivity index (χ3v) is 4.03. The van der Waals surface area contributed by atoms with Gasteiger partial charge in [-0.05, 0) is 37.0 Å². The molecule has 1 aliphatic carbocycles. The topological polar surface area (TPSA) is 70.8 Å². The molecule has 1 aromatic carbocycles. The molecule has 2 unspecified atom stereocenters. The van der Waals surface area contributed by atoms with Crippen LogP contribution in [0.4, 0.5) is 0 Å². The molecule has 1 aliphatic rings. The summed E-state index contributed by atoms with van der Waals surface area (Å²) < 4.78 is 16.1. The minimum atomic E-state index is -0.935. The third kappa shape index (κ3) is 3.29. The minimum absolute atomic E-state index is 0.101. The van der Waals surface area contributed by atoms with Gasteiger partial charge in [0.2, 0.25) is 0 Å². The molecule has 0 amide bonds. The highest BCUT2D eigenvalue weighted by Gasteiger charge is 2.44. The van der Waals surface area contributed by atoms with E-state index < -0.39 is 5.54 Å². The smallest absolute Gasteiger partial charge is 0.325 e. The Balaban J connectivity index is 2.08. The van der Waals surface area contributed by atoms with Gasteiger partial charge in [0, 0.05) is 6.42 Å². The monoisotopic (exact) mass is 293 g/mol. The van der Waals surface area contributed by atoms with Crippen molar-refractivity contribution in [2.75, 3.05) is 14.2 Å². The van der Waals surface area contributed by atoms with Crippen LogP contribution in [0, 0.1) is 0 Å². The molecule has 0 aromatic heterocycles. The first-order valence-corrected chi connectivity index (χ1v) is 7.23. The number of rotatable bonds is 5. The van der Waals surface area contributed by atoms with Gasteiger partial charge in [0.25, 0.3) is 0 Å². The van der Waals surface area contributed by atoms with E-state index in [1.807, 2.05) is 18.2 Å². The van der Waals surface area contributed by atoms with E-state index in [1.165, 1.54) is 12.7 Å². The predicted octanol–water partition coefficient (Wildman–Crippen LogP) is 2.06. The van der Waals surface area contributed by atoms with E-state index >= 15 is 0 Å². The van der Waals surface area contributed by atoms with Crippen LogP contribution in [0.1, 0.15) is 31.7 Å². The summed E-state index contributed by atoms with van der Waals surface area (Å²) in [7, 11) is 2.98. The number of esters is 1. The molecule has 0 aliphatic heterocycles. The van der Waals surface area contributed by atoms with Crippen molar-refractivity contribution in [3.8, 4) is 11.5 Å². The molecule has 21 heavy (non-hydrogen) atoms. The second-order valence-electron chi connectivity index (χ2n) is 5.47. The summed E-state index contributed by atoms with van der Waals surface area (Å²) in [6.07, 6.45) is 2.59. The van der Waals surface area contributed by atoms with Crippen molar-refractivity contribution in [2.24, 2.45) is 5.73 Å². The normalized spacial score (nSPS) is 24.7. The molecule has 0 radical (unpaired) electrons. The fourth-order valence-electron chi connectivity index (χ4n) is 2.73. The van der Waals surface area contributed by atoms with Crippen molar-refractivity contribution in [2.45, 2.75) is 44.2 Å². The molecule has 1 aromatic rings. The lowest BCUT2D eigenvalue weighted by molar-refractivity contribution is -0.147. The van der Waals surface area contributed by atoms with Crippen LogP contribution < -0.4 is 15.2 Å². The number of nitrogens with two attached hydrogens (primary N) is 1. The van der Waals surface area contributed by atoms with Gasteiger partial charge in [-0.15, -0.1) is 0 Å². The highest BCUT2D eigenvalue weighted by Crippen LogP contribution is 2.35. The first-order valence-electron chi connectivity index (χ1n) is 7.23. The van der Waals surface area contributed by atoms with Crippen molar-refractivity contribution < 1.29 is 19.0 Å². The van der Waals surface area contributed by atoms with Crippen LogP contribution in [-0.4, -0.2) is 31.8 Å². The minimum Gasteiger partial charge on any atom is -0.493 e. The SMILES string of the molecule is CCc1ccc(OC2CCC(N)(C(=O)OC)C2)c(OC)c1. The Morgan fingerprint density at radius 1 is 1.38 bits per heavy atom. The van der Waals surface area contributed by atoms with Gasteiger partial charge in [0.15, 0.2) is 11.5 Å². The van der Waals surface area contributed by atoms with Crippen molar-refractivity contribution in [1.29, 1.82) is 0 Å². The summed E-state index contributed by atoms with van der Waals surface area (Å²) in [6, 6.07) is 5.90. The number of ether oxygens (including phenoxy) is 3. The van der Waals surface area contributed by atoms with Gasteiger partial charge < -0.3 is 19.9 Å². The zero-order chi connectivity index (χ0) is 15.5. The van der Waals surface area contributed by atoms with Crippen LogP contribution in [0.15, 0.2) is 18.2 Å². The maximum Gasteiger partial charge on any atom is 0.325 e. The van der Waals surface area contributed by atoms with Gasteiger partial charge in [-0.2, -0.15) is 0 Å². The van der Waals surface area contributed by atoms with Crippen LogP contribution >= 0.6 is 0 Å². The van der Waals surface area contributed by atoms with Gasteiger partial charge >= 0.3 is 5.97 Å². The lowest BCUT2D eigenvalue weighted by Crippen LogP contribution is -2.47. The molecule has 116 valence electrons. The fraction of sp³-hybridized carbons (Fsp3) is 0.562. The number of aryl methyl sites for hydroxylation is 1. The van der Waals surface area contributed by atoms with E-state index in [1.54, 1.807) is 7.11 Å². The second kappa shape index (κ2) is 6.35. The average Bonchev–Trinajstić information content (AvgIpc) is 2.89. The van der Waals surface area contributed by atoms with E-state index in [2.05, 4.69) is 6.92 Å². The molecule has 1 fully saturated rings. The van der Waals surface area contributed by atoms with Crippen LogP contribution in [0.25, 0.3) is 0 Å². The molecule has 0 bridgehead atoms. The van der Waals surface area contributed by atoms with Crippen LogP contribution in [0.3, 0.4) is 0 Å². The number of hydrogen-bond donors (Lipinski definition) is 1. The molecule has 2 N–H and O–H groups in total. The van der Waals surface area contributed by atoms with Crippen molar-refractivity contribution >= 4 is 5.97 Å². The Kier molecular flexibility index (Phi) is 4.73. The lowest BCUT2D eigenvalue weighted by atomic mass is 10.00. The van der Waals surface area contributed by atoms with Crippen LogP contribution in [-0.2, 0) is 16.0 Å². The summed E-state index contributed by atoms with van der Waals surface area (Å²) in [4.78, 5) is 11.7. The highest BCUT2D eigenvalue weighted by atomic mass is 16.5. The van der Waals surface area contributed by atoms with E-state index in [0.717, 1.165) is 12.8 Å². The zero-order valence-corrected chi connectivity index (χ0v) is 12.8. The molecule has 5 nitrogen and oxygen atoms in total. The predicted molar refractivity (Wildman–Crippen MR) is 79.6 cm³/mol. The van der Waals surface area contributed by atoms with Crippen LogP contribution in [0.2, 0.25) is 0 Å². The quantitative estimate of drug-likeness (QED) is 0.841. The number of hydrogen-bond acceptors (Lipinski definition) is 5. The van der Waals surface area contributed by atoms with Crippen molar-refractivity contribution in [3.05, 3.63) is 23.8 Å². The maximum atomic E-state index is 11.7. The zero-order valence-electron chi connectivity index (χ0n) is 12.8. The Hall–Kier alpha value is -1.75. The fourth-order valence-corrected chi connectivity index (χ4v) is 2.73.